The van der Waals surface area contributed by atoms with Crippen LogP contribution in [0.3, 0.4) is 0 Å². The molecular weight excluding hydrogens is 243 g/mol. The predicted molar refractivity (Wildman–Crippen MR) is 61.4 cm³/mol. The SMILES string of the molecule is FC(F)(F)c1ccc(N2CC3CCC(C2)N3)nc1. The van der Waals surface area contributed by atoms with Gasteiger partial charge in [0, 0.05) is 31.4 Å². The number of anilines is 1. The van der Waals surface area contributed by atoms with Crippen molar-refractivity contribution in [3.05, 3.63) is 23.9 Å². The molecule has 0 aromatic carbocycles. The Morgan fingerprint density at radius 3 is 2.33 bits per heavy atom. The Morgan fingerprint density at radius 2 is 1.83 bits per heavy atom. The second-order valence-corrected chi connectivity index (χ2v) is 4.95. The van der Waals surface area contributed by atoms with E-state index < -0.39 is 11.7 Å². The van der Waals surface area contributed by atoms with Crippen LogP contribution in [0.1, 0.15) is 18.4 Å². The van der Waals surface area contributed by atoms with E-state index >= 15 is 0 Å². The molecule has 1 aromatic heterocycles. The molecule has 18 heavy (non-hydrogen) atoms. The van der Waals surface area contributed by atoms with Crippen LogP contribution in [0.25, 0.3) is 0 Å². The molecule has 6 heteroatoms. The molecule has 2 atom stereocenters. The van der Waals surface area contributed by atoms with Gasteiger partial charge in [-0.25, -0.2) is 4.98 Å². The van der Waals surface area contributed by atoms with Crippen molar-refractivity contribution < 1.29 is 13.2 Å². The summed E-state index contributed by atoms with van der Waals surface area (Å²) in [7, 11) is 0. The third kappa shape index (κ3) is 2.16. The summed E-state index contributed by atoms with van der Waals surface area (Å²) in [5.41, 5.74) is -0.690. The zero-order valence-corrected chi connectivity index (χ0v) is 9.74. The minimum atomic E-state index is -4.31. The highest BCUT2D eigenvalue weighted by Gasteiger charge is 2.34. The van der Waals surface area contributed by atoms with Crippen LogP contribution in [0, 0.1) is 0 Å². The molecule has 0 spiro atoms. The maximum Gasteiger partial charge on any atom is 0.417 e. The van der Waals surface area contributed by atoms with Gasteiger partial charge in [-0.2, -0.15) is 13.2 Å². The number of rotatable bonds is 1. The molecule has 1 aromatic rings. The normalized spacial score (nSPS) is 27.6. The second kappa shape index (κ2) is 4.12. The van der Waals surface area contributed by atoms with Gasteiger partial charge in [0.05, 0.1) is 5.56 Å². The van der Waals surface area contributed by atoms with E-state index in [4.69, 9.17) is 0 Å². The molecule has 0 amide bonds. The largest absolute Gasteiger partial charge is 0.417 e. The smallest absolute Gasteiger partial charge is 0.353 e. The lowest BCUT2D eigenvalue weighted by atomic mass is 10.2. The Labute approximate surface area is 103 Å². The van der Waals surface area contributed by atoms with Gasteiger partial charge in [0.1, 0.15) is 5.82 Å². The lowest BCUT2D eigenvalue weighted by Crippen LogP contribution is -2.51. The fraction of sp³-hybridized carbons (Fsp3) is 0.583. The minimum Gasteiger partial charge on any atom is -0.353 e. The monoisotopic (exact) mass is 257 g/mol. The van der Waals surface area contributed by atoms with Gasteiger partial charge in [-0.1, -0.05) is 0 Å². The van der Waals surface area contributed by atoms with E-state index in [9.17, 15) is 13.2 Å². The van der Waals surface area contributed by atoms with E-state index in [1.54, 1.807) is 0 Å². The predicted octanol–water partition coefficient (Wildman–Crippen LogP) is 2.04. The lowest BCUT2D eigenvalue weighted by Gasteiger charge is -2.33. The van der Waals surface area contributed by atoms with Crippen molar-refractivity contribution in [2.75, 3.05) is 18.0 Å². The van der Waals surface area contributed by atoms with E-state index in [1.807, 2.05) is 0 Å². The maximum atomic E-state index is 12.4. The first kappa shape index (κ1) is 11.8. The van der Waals surface area contributed by atoms with Gasteiger partial charge in [0.15, 0.2) is 0 Å². The van der Waals surface area contributed by atoms with Crippen molar-refractivity contribution in [2.45, 2.75) is 31.1 Å². The van der Waals surface area contributed by atoms with Gasteiger partial charge in [-0.3, -0.25) is 0 Å². The van der Waals surface area contributed by atoms with E-state index in [2.05, 4.69) is 15.2 Å². The van der Waals surface area contributed by atoms with Crippen molar-refractivity contribution in [1.82, 2.24) is 10.3 Å². The van der Waals surface area contributed by atoms with E-state index in [1.165, 1.54) is 6.07 Å². The first-order chi connectivity index (χ1) is 8.52. The van der Waals surface area contributed by atoms with Crippen molar-refractivity contribution in [1.29, 1.82) is 0 Å². The molecule has 2 aliphatic rings. The summed E-state index contributed by atoms with van der Waals surface area (Å²) in [6.07, 6.45) is -1.11. The molecule has 0 radical (unpaired) electrons. The number of nitrogens with zero attached hydrogens (tertiary/aromatic N) is 2. The molecule has 2 unspecified atom stereocenters. The summed E-state index contributed by atoms with van der Waals surface area (Å²) in [4.78, 5) is 6.01. The number of aromatic nitrogens is 1. The molecule has 3 heterocycles. The maximum absolute atomic E-state index is 12.4. The van der Waals surface area contributed by atoms with Crippen molar-refractivity contribution in [3.63, 3.8) is 0 Å². The molecule has 2 saturated heterocycles. The first-order valence-electron chi connectivity index (χ1n) is 6.06. The van der Waals surface area contributed by atoms with Gasteiger partial charge in [0.25, 0.3) is 0 Å². The van der Waals surface area contributed by atoms with Crippen LogP contribution in [-0.4, -0.2) is 30.2 Å². The molecule has 0 aliphatic carbocycles. The third-order valence-electron chi connectivity index (χ3n) is 3.62. The van der Waals surface area contributed by atoms with Crippen LogP contribution in [0.15, 0.2) is 18.3 Å². The van der Waals surface area contributed by atoms with Gasteiger partial charge >= 0.3 is 6.18 Å². The zero-order chi connectivity index (χ0) is 12.8. The molecule has 2 aliphatic heterocycles. The van der Waals surface area contributed by atoms with E-state index in [0.717, 1.165) is 38.2 Å². The van der Waals surface area contributed by atoms with Crippen LogP contribution in [0.2, 0.25) is 0 Å². The van der Waals surface area contributed by atoms with Crippen LogP contribution < -0.4 is 10.2 Å². The molecule has 1 N–H and O–H groups in total. The molecule has 98 valence electrons. The molecule has 2 fully saturated rings. The number of halogens is 3. The van der Waals surface area contributed by atoms with E-state index in [0.29, 0.717) is 17.9 Å². The number of hydrogen-bond donors (Lipinski definition) is 1. The standard InChI is InChI=1S/C12H14F3N3/c13-12(14,15)8-1-4-11(16-5-8)18-6-9-2-3-10(7-18)17-9/h1,4-5,9-10,17H,2-3,6-7H2. The van der Waals surface area contributed by atoms with Crippen LogP contribution >= 0.6 is 0 Å². The fourth-order valence-corrected chi connectivity index (χ4v) is 2.72. The summed E-state index contributed by atoms with van der Waals surface area (Å²) in [5, 5.41) is 3.48. The zero-order valence-electron chi connectivity index (χ0n) is 9.74. The van der Waals surface area contributed by atoms with Gasteiger partial charge < -0.3 is 10.2 Å². The summed E-state index contributed by atoms with van der Waals surface area (Å²) in [6, 6.07) is 3.47. The average Bonchev–Trinajstić information content (AvgIpc) is 2.67. The summed E-state index contributed by atoms with van der Waals surface area (Å²) >= 11 is 0. The van der Waals surface area contributed by atoms with Crippen LogP contribution in [-0.2, 0) is 6.18 Å². The summed E-state index contributed by atoms with van der Waals surface area (Å²) in [6.45, 7) is 1.66. The number of hydrogen-bond acceptors (Lipinski definition) is 3. The van der Waals surface area contributed by atoms with Crippen molar-refractivity contribution >= 4 is 5.82 Å². The Morgan fingerprint density at radius 1 is 1.17 bits per heavy atom. The van der Waals surface area contributed by atoms with Gasteiger partial charge in [0.2, 0.25) is 0 Å². The van der Waals surface area contributed by atoms with Crippen molar-refractivity contribution in [3.8, 4) is 0 Å². The number of piperazine rings is 1. The molecule has 3 rings (SSSR count). The van der Waals surface area contributed by atoms with Gasteiger partial charge in [-0.05, 0) is 25.0 Å². The van der Waals surface area contributed by atoms with E-state index in [-0.39, 0.29) is 0 Å². The molecule has 2 bridgehead atoms. The Kier molecular flexibility index (Phi) is 2.69. The average molecular weight is 257 g/mol. The Bertz CT molecular complexity index is 417. The fourth-order valence-electron chi connectivity index (χ4n) is 2.72. The topological polar surface area (TPSA) is 28.2 Å². The van der Waals surface area contributed by atoms with Crippen LogP contribution in [0.5, 0.6) is 0 Å². The Hall–Kier alpha value is -1.30. The first-order valence-corrected chi connectivity index (χ1v) is 6.06. The minimum absolute atomic E-state index is 0.452. The molecular formula is C12H14F3N3. The summed E-state index contributed by atoms with van der Waals surface area (Å²) < 4.78 is 37.3. The molecule has 0 saturated carbocycles. The number of alkyl halides is 3. The van der Waals surface area contributed by atoms with Crippen LogP contribution in [0.4, 0.5) is 19.0 Å². The highest BCUT2D eigenvalue weighted by molar-refractivity contribution is 5.41. The third-order valence-corrected chi connectivity index (χ3v) is 3.62. The Balaban J connectivity index is 1.77. The highest BCUT2D eigenvalue weighted by Crippen LogP contribution is 2.30. The summed E-state index contributed by atoms with van der Waals surface area (Å²) in [5.74, 6) is 0.640. The molecule has 3 nitrogen and oxygen atoms in total. The number of fused-ring (bicyclic) bond motifs is 2. The quantitative estimate of drug-likeness (QED) is 0.834. The lowest BCUT2D eigenvalue weighted by molar-refractivity contribution is -0.137. The number of pyridine rings is 1. The highest BCUT2D eigenvalue weighted by atomic mass is 19.4. The number of nitrogens with one attached hydrogen (secondary N) is 1. The second-order valence-electron chi connectivity index (χ2n) is 4.95. The van der Waals surface area contributed by atoms with Crippen molar-refractivity contribution in [2.24, 2.45) is 0 Å². The van der Waals surface area contributed by atoms with Gasteiger partial charge in [-0.15, -0.1) is 0 Å².